The number of aromatic nitrogens is 18. The van der Waals surface area contributed by atoms with E-state index in [-0.39, 0.29) is 46.9 Å². The summed E-state index contributed by atoms with van der Waals surface area (Å²) >= 11 is 6.52. The van der Waals surface area contributed by atoms with Crippen molar-refractivity contribution in [2.24, 2.45) is 14.1 Å². The Morgan fingerprint density at radius 1 is 0.449 bits per heavy atom. The number of morpholine rings is 6. The average molecular weight is 1760 g/mol. The number of aryl methyl sites for hydroxylation is 2. The van der Waals surface area contributed by atoms with E-state index in [9.17, 15) is 33.9 Å². The van der Waals surface area contributed by atoms with Crippen LogP contribution in [0.5, 0.6) is 0 Å². The number of aromatic carboxylic acids is 2. The number of carbonyl (C=O) groups is 6. The quantitative estimate of drug-likeness (QED) is 0.0318. The van der Waals surface area contributed by atoms with Gasteiger partial charge < -0.3 is 97.9 Å². The molecular weight excluding hydrogens is 1680 g/mol. The molecule has 0 radical (unpaired) electrons. The van der Waals surface area contributed by atoms with Crippen LogP contribution in [0.2, 0.25) is 0 Å². The number of pyridine rings is 6. The fraction of sp³-hybridized carbons (Fsp3) is 0.429. The van der Waals surface area contributed by atoms with Crippen LogP contribution < -0.4 is 53.1 Å². The number of methoxy groups -OCH3 is 4. The van der Waals surface area contributed by atoms with Gasteiger partial charge >= 0.3 is 60.5 Å². The summed E-state index contributed by atoms with van der Waals surface area (Å²) in [7, 11) is 8.75. The molecule has 6 fully saturated rings. The van der Waals surface area contributed by atoms with Gasteiger partial charge in [-0.2, -0.15) is 10.0 Å². The molecular formula is C70H85Br2LiN25O20+. The second kappa shape index (κ2) is 47.0. The van der Waals surface area contributed by atoms with E-state index in [2.05, 4.69) is 118 Å². The van der Waals surface area contributed by atoms with Gasteiger partial charge in [0.1, 0.15) is 69.8 Å². The van der Waals surface area contributed by atoms with Gasteiger partial charge in [0.15, 0.2) is 0 Å². The van der Waals surface area contributed by atoms with Crippen molar-refractivity contribution in [3.05, 3.63) is 127 Å². The smallest absolute Gasteiger partial charge is 0.870 e. The van der Waals surface area contributed by atoms with Crippen molar-refractivity contribution >= 4 is 108 Å². The van der Waals surface area contributed by atoms with E-state index < -0.39 is 29.8 Å². The average Bonchev–Trinajstić information content (AvgIpc) is 1.05. The van der Waals surface area contributed by atoms with Crippen LogP contribution in [0.4, 0.5) is 40.6 Å². The van der Waals surface area contributed by atoms with E-state index in [0.717, 1.165) is 17.6 Å². The number of ether oxygens (including phenoxy) is 10. The van der Waals surface area contributed by atoms with Gasteiger partial charge in [0, 0.05) is 136 Å². The number of carboxylic acids is 2. The molecule has 48 heteroatoms. The zero-order valence-electron chi connectivity index (χ0n) is 65.3. The summed E-state index contributed by atoms with van der Waals surface area (Å²) in [6.07, 6.45) is 9.58. The molecule has 624 valence electrons. The number of nitrogens with zero attached hydrogens (tertiary/aromatic N) is 23. The number of halogens is 2. The molecule has 6 aliphatic rings. The summed E-state index contributed by atoms with van der Waals surface area (Å²) in [5.41, 5.74) is 4.02. The normalized spacial score (nSPS) is 14.9. The zero-order chi connectivity index (χ0) is 81.8. The Hall–Kier alpha value is -11.5. The van der Waals surface area contributed by atoms with Crippen LogP contribution in [0, 0.1) is 6.57 Å². The van der Waals surface area contributed by atoms with Gasteiger partial charge in [0.2, 0.25) is 17.3 Å². The summed E-state index contributed by atoms with van der Waals surface area (Å²) in [4.78, 5) is 114. The Balaban J connectivity index is 0.000000195. The molecule has 0 saturated carbocycles. The Bertz CT molecular complexity index is 4820. The van der Waals surface area contributed by atoms with Crippen LogP contribution in [-0.4, -0.2) is 329 Å². The van der Waals surface area contributed by atoms with Gasteiger partial charge in [-0.1, -0.05) is 4.80 Å². The summed E-state index contributed by atoms with van der Waals surface area (Å²) in [6.45, 7) is 22.4. The van der Waals surface area contributed by atoms with Crippen molar-refractivity contribution in [1.82, 2.24) is 86.1 Å². The summed E-state index contributed by atoms with van der Waals surface area (Å²) in [6, 6.07) is 9.69. The van der Waals surface area contributed by atoms with Crippen molar-refractivity contribution in [3.63, 3.8) is 0 Å². The number of hydrogen-bond donors (Lipinski definition) is 4. The monoisotopic (exact) mass is 1760 g/mol. The number of rotatable bonds is 15. The Labute approximate surface area is 702 Å². The predicted octanol–water partition coefficient (Wildman–Crippen LogP) is -0.890. The van der Waals surface area contributed by atoms with Crippen molar-refractivity contribution in [1.29, 1.82) is 0 Å². The topological polar surface area (TPSA) is 541 Å². The summed E-state index contributed by atoms with van der Waals surface area (Å²) in [5.74, 6) is 0.801. The first kappa shape index (κ1) is 93.6. The SMILES string of the molecule is COC(=O)c1cc(-c2n[nH][n+](C)n2)cnc1N1CCOCC1.COC(=O)c1cc(-c2nn[nH]n2)cnc1N1CCOCC1.COC(=O)c1cc(Br)cnc1N1CCOCC1.Cn1nnc(-c2cnc(N3CCOCC3)c(C(=O)O)c2)n1.O.O=C(O)c1cc(Br)cnc1N1CCOCC1.[C-]#[N+]c1cnc(N2CCOCC2)c(C(=O)OC)c1.[Li+].[OH-]. The Kier molecular flexibility index (Phi) is 37.3. The third-order valence-electron chi connectivity index (χ3n) is 17.4. The van der Waals surface area contributed by atoms with Crippen LogP contribution in [0.3, 0.4) is 0 Å². The van der Waals surface area contributed by atoms with Crippen LogP contribution in [0.25, 0.3) is 39.0 Å². The standard InChI is InChI=1S/C13H16N6O3.2C12H14N6O3.C12H13N3O3.C11H13BrN2O3.C10H11BrN2O3.Li.2H2O/c1-18-16-11(15-17-18)9-7-10(13(20)21-2)12(14-8-9)19-3-5-22-6-4-19;1-20-12(19)9-6-8(10-14-16-17-15-10)7-13-11(9)18-2-4-21-5-3-18;1-17-15-10(14-16-17)8-6-9(12(19)20)11(13-7-8)18-2-4-21-5-3-18;1-13-9-7-10(12(16)17-2)11(14-8-9)15-3-5-18-6-4-15;1-16-11(15)9-6-8(12)7-13-10(9)14-2-4-17-5-3-14;11-7-5-8(10(14)15)9(12-6-7)13-1-3-16-4-2-13;;;/h7-8H,3-6H2,1-2H3;6-7H,2-5H2,1H3,(H,14,15,16,17);6-7H,2-5H2,1H3,(H,19,20);7-8H,3-6H2,2H3;6-7H,2-5H2,1H3;5-6H,1-4H2,(H,14,15);;2*1H2/q;;;;;;+1;;. The first-order chi connectivity index (χ1) is 55.8. The van der Waals surface area contributed by atoms with Gasteiger partial charge in [-0.3, -0.25) is 4.98 Å². The summed E-state index contributed by atoms with van der Waals surface area (Å²) in [5, 5.41) is 54.7. The van der Waals surface area contributed by atoms with E-state index in [1.54, 1.807) is 69.3 Å². The van der Waals surface area contributed by atoms with E-state index in [1.807, 2.05) is 29.4 Å². The number of H-pyrrole nitrogens is 2. The number of carboxylic acid groups (broad SMARTS) is 2. The minimum absolute atomic E-state index is 0. The maximum absolute atomic E-state index is 12.1. The second-order valence-corrected chi connectivity index (χ2v) is 26.5. The van der Waals surface area contributed by atoms with Gasteiger partial charge in [-0.05, 0) is 89.0 Å². The minimum atomic E-state index is -1.03. The van der Waals surface area contributed by atoms with Crippen molar-refractivity contribution in [2.75, 3.05) is 216 Å². The number of tetrazole rings is 3. The van der Waals surface area contributed by atoms with E-state index in [1.165, 1.54) is 56.4 Å². The molecule has 0 aromatic carbocycles. The third kappa shape index (κ3) is 25.5. The van der Waals surface area contributed by atoms with Gasteiger partial charge in [0.05, 0.1) is 138 Å². The number of carbonyl (C=O) groups excluding carboxylic acids is 4. The maximum Gasteiger partial charge on any atom is 1.00 e. The van der Waals surface area contributed by atoms with Gasteiger partial charge in [-0.25, -0.2) is 58.5 Å². The largest absolute Gasteiger partial charge is 1.00 e. The molecule has 118 heavy (non-hydrogen) atoms. The molecule has 0 atom stereocenters. The molecule has 15 rings (SSSR count). The van der Waals surface area contributed by atoms with Gasteiger partial charge in [-0.15, -0.1) is 20.4 Å². The molecule has 0 amide bonds. The van der Waals surface area contributed by atoms with Crippen LogP contribution in [0.15, 0.2) is 82.5 Å². The van der Waals surface area contributed by atoms with Gasteiger partial charge in [0.25, 0.3) is 0 Å². The maximum atomic E-state index is 12.1. The number of hydrogen-bond acceptors (Lipinski definition) is 37. The van der Waals surface area contributed by atoms with Crippen molar-refractivity contribution < 1.29 is 121 Å². The third-order valence-corrected chi connectivity index (χ3v) is 18.2. The fourth-order valence-electron chi connectivity index (χ4n) is 11.7. The van der Waals surface area contributed by atoms with Crippen LogP contribution in [-0.2, 0) is 61.5 Å². The molecule has 0 aliphatic carbocycles. The molecule has 0 unspecified atom stereocenters. The number of anilines is 6. The number of aromatic amines is 2. The molecule has 45 nitrogen and oxygen atoms in total. The molecule has 9 aromatic rings. The van der Waals surface area contributed by atoms with E-state index in [4.69, 9.17) is 59.0 Å². The second-order valence-electron chi connectivity index (χ2n) is 24.7. The molecule has 0 bridgehead atoms. The van der Waals surface area contributed by atoms with E-state index in [0.29, 0.717) is 246 Å². The minimum Gasteiger partial charge on any atom is -0.870 e. The Morgan fingerprint density at radius 2 is 0.754 bits per heavy atom. The molecule has 6 aliphatic heterocycles. The Morgan fingerprint density at radius 3 is 1.07 bits per heavy atom. The van der Waals surface area contributed by atoms with Crippen molar-refractivity contribution in [3.8, 4) is 34.2 Å². The number of nitrogens with one attached hydrogen (secondary N) is 2. The predicted molar refractivity (Wildman–Crippen MR) is 418 cm³/mol. The summed E-state index contributed by atoms with van der Waals surface area (Å²) < 4.78 is 52.3. The van der Waals surface area contributed by atoms with Crippen molar-refractivity contribution in [2.45, 2.75) is 0 Å². The molecule has 15 heterocycles. The number of esters is 4. The van der Waals surface area contributed by atoms with Crippen LogP contribution in [0.1, 0.15) is 62.1 Å². The fourth-order valence-corrected chi connectivity index (χ4v) is 12.4. The zero-order valence-corrected chi connectivity index (χ0v) is 68.5. The first-order valence-electron chi connectivity index (χ1n) is 35.5. The molecule has 0 spiro atoms. The van der Waals surface area contributed by atoms with E-state index >= 15 is 0 Å². The molecule has 7 N–H and O–H groups in total. The molecule has 9 aromatic heterocycles. The first-order valence-corrected chi connectivity index (χ1v) is 37.1. The molecule has 6 saturated heterocycles. The van der Waals surface area contributed by atoms with Crippen LogP contribution >= 0.6 is 31.9 Å².